The maximum absolute atomic E-state index is 12.3. The molecule has 2 rings (SSSR count). The summed E-state index contributed by atoms with van der Waals surface area (Å²) < 4.78 is 10.2. The number of esters is 1. The van der Waals surface area contributed by atoms with Crippen LogP contribution in [0.1, 0.15) is 46.9 Å². The van der Waals surface area contributed by atoms with Gasteiger partial charge in [0.1, 0.15) is 5.75 Å². The van der Waals surface area contributed by atoms with E-state index in [-0.39, 0.29) is 35.6 Å². The molecule has 2 N–H and O–H groups in total. The fourth-order valence-corrected chi connectivity index (χ4v) is 2.82. The van der Waals surface area contributed by atoms with Crippen LogP contribution in [0.25, 0.3) is 0 Å². The minimum absolute atomic E-state index is 0.0152. The molecule has 0 aromatic heterocycles. The van der Waals surface area contributed by atoms with Crippen molar-refractivity contribution in [3.8, 4) is 5.75 Å². The Morgan fingerprint density at radius 2 is 1.65 bits per heavy atom. The smallest absolute Gasteiger partial charge is 0.306 e. The van der Waals surface area contributed by atoms with Gasteiger partial charge in [-0.1, -0.05) is 23.7 Å². The Kier molecular flexibility index (Phi) is 9.02. The molecule has 0 saturated carbocycles. The summed E-state index contributed by atoms with van der Waals surface area (Å²) in [5, 5.41) is 0.260. The lowest BCUT2D eigenvalue weighted by molar-refractivity contribution is -0.146. The predicted octanol–water partition coefficient (Wildman–Crippen LogP) is 3.09. The van der Waals surface area contributed by atoms with Crippen molar-refractivity contribution in [2.75, 3.05) is 7.11 Å². The van der Waals surface area contributed by atoms with Gasteiger partial charge in [0.25, 0.3) is 5.91 Å². The van der Waals surface area contributed by atoms with E-state index < -0.39 is 23.9 Å². The first-order chi connectivity index (χ1) is 14.8. The molecule has 0 saturated heterocycles. The predicted molar refractivity (Wildman–Crippen MR) is 114 cm³/mol. The Bertz CT molecular complexity index is 945. The Morgan fingerprint density at radius 3 is 2.29 bits per heavy atom. The van der Waals surface area contributed by atoms with Gasteiger partial charge in [-0.2, -0.15) is 0 Å². The minimum Gasteiger partial charge on any atom is -0.497 e. The van der Waals surface area contributed by atoms with Crippen molar-refractivity contribution >= 4 is 35.2 Å². The number of methoxy groups -OCH3 is 1. The Balaban J connectivity index is 1.69. The van der Waals surface area contributed by atoms with E-state index in [0.29, 0.717) is 11.3 Å². The highest BCUT2D eigenvalue weighted by Crippen LogP contribution is 2.15. The van der Waals surface area contributed by atoms with Crippen LogP contribution < -0.4 is 15.6 Å². The van der Waals surface area contributed by atoms with Crippen molar-refractivity contribution in [2.24, 2.45) is 0 Å². The number of halogens is 1. The van der Waals surface area contributed by atoms with Gasteiger partial charge in [0, 0.05) is 18.4 Å². The number of ketones is 1. The number of carbonyl (C=O) groups is 4. The van der Waals surface area contributed by atoms with Crippen LogP contribution >= 0.6 is 11.6 Å². The van der Waals surface area contributed by atoms with E-state index >= 15 is 0 Å². The molecule has 0 fully saturated rings. The van der Waals surface area contributed by atoms with Gasteiger partial charge in [0.05, 0.1) is 17.7 Å². The Labute approximate surface area is 184 Å². The van der Waals surface area contributed by atoms with E-state index in [9.17, 15) is 19.2 Å². The number of hydrogen-bond acceptors (Lipinski definition) is 6. The topological polar surface area (TPSA) is 111 Å². The SMILES string of the molecule is COc1ccc(C(=O)C(C)OC(=O)CCCC(=O)NNC(=O)c2ccccc2Cl)cc1. The molecule has 1 atom stereocenters. The third-order valence-electron chi connectivity index (χ3n) is 4.27. The summed E-state index contributed by atoms with van der Waals surface area (Å²) in [6.45, 7) is 1.49. The van der Waals surface area contributed by atoms with Crippen molar-refractivity contribution in [3.05, 3.63) is 64.7 Å². The molecule has 1 unspecified atom stereocenters. The quantitative estimate of drug-likeness (QED) is 0.348. The summed E-state index contributed by atoms with van der Waals surface area (Å²) in [6, 6.07) is 12.9. The van der Waals surface area contributed by atoms with Gasteiger partial charge in [-0.3, -0.25) is 30.0 Å². The lowest BCUT2D eigenvalue weighted by Crippen LogP contribution is -2.41. The van der Waals surface area contributed by atoms with Gasteiger partial charge in [0.2, 0.25) is 11.7 Å². The van der Waals surface area contributed by atoms with Crippen LogP contribution in [0, 0.1) is 0 Å². The summed E-state index contributed by atoms with van der Waals surface area (Å²) in [6.07, 6.45) is -0.828. The number of carbonyl (C=O) groups excluding carboxylic acids is 4. The number of benzene rings is 2. The Morgan fingerprint density at radius 1 is 0.968 bits per heavy atom. The molecule has 0 aliphatic heterocycles. The molecule has 31 heavy (non-hydrogen) atoms. The molecule has 0 aliphatic carbocycles. The van der Waals surface area contributed by atoms with Gasteiger partial charge >= 0.3 is 5.97 Å². The van der Waals surface area contributed by atoms with E-state index in [1.165, 1.54) is 20.1 Å². The van der Waals surface area contributed by atoms with Crippen molar-refractivity contribution in [2.45, 2.75) is 32.3 Å². The normalized spacial score (nSPS) is 11.2. The molecule has 2 amide bonds. The van der Waals surface area contributed by atoms with Gasteiger partial charge in [-0.05, 0) is 49.7 Å². The molecular weight excluding hydrogens is 424 g/mol. The number of nitrogens with one attached hydrogen (secondary N) is 2. The number of hydrogen-bond donors (Lipinski definition) is 2. The molecule has 8 nitrogen and oxygen atoms in total. The first-order valence-corrected chi connectivity index (χ1v) is 9.91. The average molecular weight is 447 g/mol. The number of ether oxygens (including phenoxy) is 2. The largest absolute Gasteiger partial charge is 0.497 e. The second kappa shape index (κ2) is 11.7. The van der Waals surface area contributed by atoms with Gasteiger partial charge < -0.3 is 9.47 Å². The van der Waals surface area contributed by atoms with Gasteiger partial charge in [-0.15, -0.1) is 0 Å². The summed E-state index contributed by atoms with van der Waals surface area (Å²) in [7, 11) is 1.52. The molecule has 0 heterocycles. The van der Waals surface area contributed by atoms with Crippen LogP contribution in [-0.4, -0.2) is 36.8 Å². The molecule has 9 heteroatoms. The first kappa shape index (κ1) is 23.9. The van der Waals surface area contributed by atoms with Crippen LogP contribution in [0.15, 0.2) is 48.5 Å². The molecule has 2 aromatic rings. The summed E-state index contributed by atoms with van der Waals surface area (Å²) >= 11 is 5.91. The summed E-state index contributed by atoms with van der Waals surface area (Å²) in [4.78, 5) is 48.1. The molecule has 0 bridgehead atoms. The zero-order valence-electron chi connectivity index (χ0n) is 17.1. The molecule has 164 valence electrons. The number of rotatable bonds is 9. The lowest BCUT2D eigenvalue weighted by Gasteiger charge is -2.13. The molecule has 2 aromatic carbocycles. The summed E-state index contributed by atoms with van der Waals surface area (Å²) in [5.74, 6) is -1.35. The van der Waals surface area contributed by atoms with Crippen molar-refractivity contribution in [3.63, 3.8) is 0 Å². The maximum atomic E-state index is 12.3. The van der Waals surface area contributed by atoms with Crippen molar-refractivity contribution in [1.82, 2.24) is 10.9 Å². The van der Waals surface area contributed by atoms with E-state index in [4.69, 9.17) is 21.1 Å². The summed E-state index contributed by atoms with van der Waals surface area (Å²) in [5.41, 5.74) is 5.14. The first-order valence-electron chi connectivity index (χ1n) is 9.53. The van der Waals surface area contributed by atoms with E-state index in [0.717, 1.165) is 0 Å². The fourth-order valence-electron chi connectivity index (χ4n) is 2.59. The second-order valence-electron chi connectivity index (χ2n) is 6.56. The monoisotopic (exact) mass is 446 g/mol. The average Bonchev–Trinajstić information content (AvgIpc) is 2.77. The molecule has 0 aliphatic rings. The zero-order valence-corrected chi connectivity index (χ0v) is 17.9. The van der Waals surface area contributed by atoms with Crippen LogP contribution in [0.4, 0.5) is 0 Å². The van der Waals surface area contributed by atoms with Crippen LogP contribution in [0.5, 0.6) is 5.75 Å². The number of Topliss-reactive ketones (excluding diaryl/α,β-unsaturated/α-hetero) is 1. The lowest BCUT2D eigenvalue weighted by atomic mass is 10.1. The van der Waals surface area contributed by atoms with E-state index in [1.807, 2.05) is 0 Å². The van der Waals surface area contributed by atoms with Crippen molar-refractivity contribution in [1.29, 1.82) is 0 Å². The van der Waals surface area contributed by atoms with Gasteiger partial charge in [-0.25, -0.2) is 0 Å². The highest BCUT2D eigenvalue weighted by atomic mass is 35.5. The third-order valence-corrected chi connectivity index (χ3v) is 4.60. The highest BCUT2D eigenvalue weighted by molar-refractivity contribution is 6.33. The Hall–Kier alpha value is -3.39. The van der Waals surface area contributed by atoms with Crippen LogP contribution in [-0.2, 0) is 14.3 Å². The zero-order chi connectivity index (χ0) is 22.8. The minimum atomic E-state index is -0.954. The standard InChI is InChI=1S/C22H23ClN2O6/c1-14(21(28)15-10-12-16(30-2)13-11-15)31-20(27)9-5-8-19(26)24-25-22(29)17-6-3-4-7-18(17)23/h3-4,6-7,10-14H,5,8-9H2,1-2H3,(H,24,26)(H,25,29). The van der Waals surface area contributed by atoms with E-state index in [2.05, 4.69) is 10.9 Å². The number of hydrazine groups is 1. The van der Waals surface area contributed by atoms with Crippen molar-refractivity contribution < 1.29 is 28.7 Å². The van der Waals surface area contributed by atoms with E-state index in [1.54, 1.807) is 42.5 Å². The van der Waals surface area contributed by atoms with Gasteiger partial charge in [0.15, 0.2) is 6.10 Å². The maximum Gasteiger partial charge on any atom is 0.306 e. The highest BCUT2D eigenvalue weighted by Gasteiger charge is 2.19. The second-order valence-corrected chi connectivity index (χ2v) is 6.97. The number of amides is 2. The van der Waals surface area contributed by atoms with Crippen LogP contribution in [0.3, 0.4) is 0 Å². The molecular formula is C22H23ClN2O6. The van der Waals surface area contributed by atoms with Crippen LogP contribution in [0.2, 0.25) is 5.02 Å². The molecule has 0 radical (unpaired) electrons. The molecule has 0 spiro atoms. The fraction of sp³-hybridized carbons (Fsp3) is 0.273. The third kappa shape index (κ3) is 7.42.